The Morgan fingerprint density at radius 1 is 1.50 bits per heavy atom. The number of carbonyl (C=O) groups excluding carboxylic acids is 1. The van der Waals surface area contributed by atoms with Crippen molar-refractivity contribution in [2.45, 2.75) is 25.4 Å². The van der Waals surface area contributed by atoms with E-state index in [9.17, 15) is 9.90 Å². The van der Waals surface area contributed by atoms with E-state index in [-0.39, 0.29) is 17.9 Å². The SMILES string of the molecule is COc1ccc(Cl)cc1/C=C/C(=O)N(C)CC1CCCC1O. The van der Waals surface area contributed by atoms with Gasteiger partial charge in [-0.2, -0.15) is 0 Å². The number of ether oxygens (including phenoxy) is 1. The highest BCUT2D eigenvalue weighted by molar-refractivity contribution is 6.30. The number of hydrogen-bond acceptors (Lipinski definition) is 3. The smallest absolute Gasteiger partial charge is 0.246 e. The number of amides is 1. The van der Waals surface area contributed by atoms with E-state index in [0.717, 1.165) is 24.8 Å². The summed E-state index contributed by atoms with van der Waals surface area (Å²) in [5.74, 6) is 0.756. The lowest BCUT2D eigenvalue weighted by atomic mass is 10.1. The molecule has 2 rings (SSSR count). The number of aliphatic hydroxyl groups excluding tert-OH is 1. The molecule has 1 saturated carbocycles. The third kappa shape index (κ3) is 4.24. The van der Waals surface area contributed by atoms with Gasteiger partial charge in [0.2, 0.25) is 5.91 Å². The second kappa shape index (κ2) is 7.65. The van der Waals surface area contributed by atoms with Gasteiger partial charge < -0.3 is 14.7 Å². The van der Waals surface area contributed by atoms with Gasteiger partial charge in [0.05, 0.1) is 13.2 Å². The maximum absolute atomic E-state index is 12.2. The first kappa shape index (κ1) is 16.8. The van der Waals surface area contributed by atoms with Crippen molar-refractivity contribution in [2.24, 2.45) is 5.92 Å². The molecule has 0 spiro atoms. The van der Waals surface area contributed by atoms with E-state index in [1.54, 1.807) is 43.3 Å². The first-order valence-electron chi connectivity index (χ1n) is 7.46. The van der Waals surface area contributed by atoms with Crippen molar-refractivity contribution in [1.82, 2.24) is 4.90 Å². The van der Waals surface area contributed by atoms with Crippen LogP contribution in [0.25, 0.3) is 6.08 Å². The van der Waals surface area contributed by atoms with Crippen molar-refractivity contribution in [3.8, 4) is 5.75 Å². The van der Waals surface area contributed by atoms with Gasteiger partial charge in [-0.25, -0.2) is 0 Å². The highest BCUT2D eigenvalue weighted by Gasteiger charge is 2.26. The highest BCUT2D eigenvalue weighted by atomic mass is 35.5. The lowest BCUT2D eigenvalue weighted by Crippen LogP contribution is -2.33. The minimum Gasteiger partial charge on any atom is -0.496 e. The summed E-state index contributed by atoms with van der Waals surface area (Å²) >= 11 is 5.97. The summed E-state index contributed by atoms with van der Waals surface area (Å²) < 4.78 is 5.25. The van der Waals surface area contributed by atoms with E-state index in [1.165, 1.54) is 6.08 Å². The monoisotopic (exact) mass is 323 g/mol. The largest absolute Gasteiger partial charge is 0.496 e. The number of rotatable bonds is 5. The Bertz CT molecular complexity index is 559. The Morgan fingerprint density at radius 2 is 2.27 bits per heavy atom. The van der Waals surface area contributed by atoms with Crippen molar-refractivity contribution in [3.63, 3.8) is 0 Å². The molecule has 1 N–H and O–H groups in total. The minimum atomic E-state index is -0.285. The summed E-state index contributed by atoms with van der Waals surface area (Å²) in [6, 6.07) is 5.27. The molecule has 1 aliphatic rings. The average molecular weight is 324 g/mol. The topological polar surface area (TPSA) is 49.8 Å². The van der Waals surface area contributed by atoms with Crippen LogP contribution in [-0.4, -0.2) is 42.7 Å². The minimum absolute atomic E-state index is 0.0962. The van der Waals surface area contributed by atoms with Crippen molar-refractivity contribution >= 4 is 23.6 Å². The summed E-state index contributed by atoms with van der Waals surface area (Å²) in [4.78, 5) is 13.8. The van der Waals surface area contributed by atoms with E-state index in [4.69, 9.17) is 16.3 Å². The number of halogens is 1. The molecule has 0 radical (unpaired) electrons. The lowest BCUT2D eigenvalue weighted by molar-refractivity contribution is -0.125. The predicted octanol–water partition coefficient (Wildman–Crippen LogP) is 2.98. The number of benzene rings is 1. The fraction of sp³-hybridized carbons (Fsp3) is 0.471. The van der Waals surface area contributed by atoms with Gasteiger partial charge in [-0.3, -0.25) is 4.79 Å². The molecule has 1 fully saturated rings. The third-order valence-electron chi connectivity index (χ3n) is 4.10. The van der Waals surface area contributed by atoms with Crippen LogP contribution in [0.15, 0.2) is 24.3 Å². The Labute approximate surface area is 136 Å². The van der Waals surface area contributed by atoms with Gasteiger partial charge in [-0.05, 0) is 37.1 Å². The van der Waals surface area contributed by atoms with Crippen LogP contribution in [0, 0.1) is 5.92 Å². The molecule has 0 aliphatic heterocycles. The van der Waals surface area contributed by atoms with Crippen LogP contribution < -0.4 is 4.74 Å². The molecule has 1 aliphatic carbocycles. The summed E-state index contributed by atoms with van der Waals surface area (Å²) in [5.41, 5.74) is 0.762. The lowest BCUT2D eigenvalue weighted by Gasteiger charge is -2.22. The zero-order chi connectivity index (χ0) is 16.1. The standard InChI is InChI=1S/C17H22ClNO3/c1-19(11-13-4-3-5-15(13)20)17(21)9-6-12-10-14(18)7-8-16(12)22-2/h6-10,13,15,20H,3-5,11H2,1-2H3/b9-6+. The molecule has 2 unspecified atom stereocenters. The summed E-state index contributed by atoms with van der Waals surface area (Å²) in [6.45, 7) is 0.580. The van der Waals surface area contributed by atoms with Crippen molar-refractivity contribution in [2.75, 3.05) is 20.7 Å². The molecule has 1 amide bonds. The molecular weight excluding hydrogens is 302 g/mol. The second-order valence-corrected chi connectivity index (χ2v) is 6.13. The fourth-order valence-electron chi connectivity index (χ4n) is 2.80. The normalized spacial score (nSPS) is 21.3. The fourth-order valence-corrected chi connectivity index (χ4v) is 2.98. The van der Waals surface area contributed by atoms with Crippen LogP contribution in [-0.2, 0) is 4.79 Å². The highest BCUT2D eigenvalue weighted by Crippen LogP contribution is 2.26. The third-order valence-corrected chi connectivity index (χ3v) is 4.34. The van der Waals surface area contributed by atoms with Crippen LogP contribution in [0.3, 0.4) is 0 Å². The van der Waals surface area contributed by atoms with Gasteiger partial charge in [0.15, 0.2) is 0 Å². The number of nitrogens with zero attached hydrogens (tertiary/aromatic N) is 1. The summed E-state index contributed by atoms with van der Waals surface area (Å²) in [7, 11) is 3.34. The number of likely N-dealkylation sites (N-methyl/N-ethyl adjacent to an activating group) is 1. The number of aliphatic hydroxyl groups is 1. The van der Waals surface area contributed by atoms with Gasteiger partial charge in [0.25, 0.3) is 0 Å². The molecule has 0 aromatic heterocycles. The maximum atomic E-state index is 12.2. The Hall–Kier alpha value is -1.52. The van der Waals surface area contributed by atoms with Gasteiger partial charge in [0.1, 0.15) is 5.75 Å². The van der Waals surface area contributed by atoms with Crippen molar-refractivity contribution < 1.29 is 14.6 Å². The average Bonchev–Trinajstić information content (AvgIpc) is 2.90. The molecule has 1 aromatic rings. The zero-order valence-corrected chi connectivity index (χ0v) is 13.7. The van der Waals surface area contributed by atoms with E-state index in [0.29, 0.717) is 17.3 Å². The molecule has 22 heavy (non-hydrogen) atoms. The first-order chi connectivity index (χ1) is 10.5. The van der Waals surface area contributed by atoms with Crippen LogP contribution in [0.4, 0.5) is 0 Å². The predicted molar refractivity (Wildman–Crippen MR) is 88.0 cm³/mol. The number of hydrogen-bond donors (Lipinski definition) is 1. The molecular formula is C17H22ClNO3. The van der Waals surface area contributed by atoms with Gasteiger partial charge in [-0.1, -0.05) is 18.0 Å². The molecule has 4 nitrogen and oxygen atoms in total. The summed E-state index contributed by atoms with van der Waals surface area (Å²) in [5, 5.41) is 10.4. The number of carbonyl (C=O) groups is 1. The van der Waals surface area contributed by atoms with Crippen LogP contribution in [0.5, 0.6) is 5.75 Å². The Balaban J connectivity index is 2.00. The zero-order valence-electron chi connectivity index (χ0n) is 13.0. The molecule has 1 aromatic carbocycles. The van der Waals surface area contributed by atoms with Gasteiger partial charge in [-0.15, -0.1) is 0 Å². The Morgan fingerprint density at radius 3 is 2.91 bits per heavy atom. The number of methoxy groups -OCH3 is 1. The first-order valence-corrected chi connectivity index (χ1v) is 7.84. The Kier molecular flexibility index (Phi) is 5.86. The molecule has 5 heteroatoms. The van der Waals surface area contributed by atoms with E-state index in [2.05, 4.69) is 0 Å². The van der Waals surface area contributed by atoms with E-state index < -0.39 is 0 Å². The van der Waals surface area contributed by atoms with Crippen LogP contribution >= 0.6 is 11.6 Å². The quantitative estimate of drug-likeness (QED) is 0.847. The summed E-state index contributed by atoms with van der Waals surface area (Å²) in [6.07, 6.45) is 5.77. The van der Waals surface area contributed by atoms with E-state index in [1.807, 2.05) is 0 Å². The van der Waals surface area contributed by atoms with E-state index >= 15 is 0 Å². The van der Waals surface area contributed by atoms with Crippen molar-refractivity contribution in [3.05, 3.63) is 34.9 Å². The second-order valence-electron chi connectivity index (χ2n) is 5.70. The molecule has 2 atom stereocenters. The molecule has 0 bridgehead atoms. The molecule has 0 saturated heterocycles. The molecule has 0 heterocycles. The molecule has 120 valence electrons. The van der Waals surface area contributed by atoms with Crippen LogP contribution in [0.1, 0.15) is 24.8 Å². The maximum Gasteiger partial charge on any atom is 0.246 e. The van der Waals surface area contributed by atoms with Gasteiger partial charge >= 0.3 is 0 Å². The van der Waals surface area contributed by atoms with Crippen LogP contribution in [0.2, 0.25) is 5.02 Å². The van der Waals surface area contributed by atoms with Crippen molar-refractivity contribution in [1.29, 1.82) is 0 Å². The van der Waals surface area contributed by atoms with Gasteiger partial charge in [0, 0.05) is 36.2 Å².